The number of ether oxygens (including phenoxy) is 2. The number of hydrogen-bond acceptors (Lipinski definition) is 6. The Hall–Kier alpha value is -2.13. The van der Waals surface area contributed by atoms with Crippen LogP contribution in [0, 0.1) is 0 Å². The van der Waals surface area contributed by atoms with E-state index < -0.39 is 0 Å². The van der Waals surface area contributed by atoms with Crippen molar-refractivity contribution in [2.45, 2.75) is 30.2 Å². The molecule has 2 fully saturated rings. The number of likely N-dealkylation sites (tertiary alicyclic amines) is 1. The molecule has 0 aromatic heterocycles. The SMILES string of the molecule is COc1cccc(OC)c1C(=O)N1CCC2(CC1)NC(C(=O)NCCc1ccc(Cl)cc1Cl)CS2. The number of benzene rings is 2. The summed E-state index contributed by atoms with van der Waals surface area (Å²) in [5, 5.41) is 7.75. The van der Waals surface area contributed by atoms with Crippen LogP contribution in [0.4, 0.5) is 0 Å². The number of nitrogens with zero attached hydrogens (tertiary/aromatic N) is 1. The van der Waals surface area contributed by atoms with E-state index >= 15 is 0 Å². The fourth-order valence-corrected chi connectivity index (χ4v) is 6.45. The molecule has 0 radical (unpaired) electrons. The number of piperidine rings is 1. The van der Waals surface area contributed by atoms with Crippen molar-refractivity contribution in [3.63, 3.8) is 0 Å². The van der Waals surface area contributed by atoms with E-state index in [-0.39, 0.29) is 22.7 Å². The molecule has 2 amide bonds. The first-order chi connectivity index (χ1) is 16.9. The van der Waals surface area contributed by atoms with Crippen LogP contribution in [-0.2, 0) is 11.2 Å². The molecule has 0 saturated carbocycles. The number of thioether (sulfide) groups is 1. The molecule has 10 heteroatoms. The van der Waals surface area contributed by atoms with Crippen LogP contribution in [0.3, 0.4) is 0 Å². The first-order valence-corrected chi connectivity index (χ1v) is 13.2. The fraction of sp³-hybridized carbons (Fsp3) is 0.440. The van der Waals surface area contributed by atoms with E-state index in [1.54, 1.807) is 56.3 Å². The van der Waals surface area contributed by atoms with E-state index in [4.69, 9.17) is 32.7 Å². The normalized spacial score (nSPS) is 19.0. The maximum absolute atomic E-state index is 13.3. The lowest BCUT2D eigenvalue weighted by atomic mass is 10.0. The van der Waals surface area contributed by atoms with Gasteiger partial charge in [0.2, 0.25) is 5.91 Å². The van der Waals surface area contributed by atoms with Crippen LogP contribution >= 0.6 is 35.0 Å². The molecule has 1 atom stereocenters. The van der Waals surface area contributed by atoms with Gasteiger partial charge in [-0.25, -0.2) is 0 Å². The average molecular weight is 538 g/mol. The van der Waals surface area contributed by atoms with Gasteiger partial charge in [-0.1, -0.05) is 35.3 Å². The molecule has 2 aromatic rings. The third kappa shape index (κ3) is 5.82. The monoisotopic (exact) mass is 537 g/mol. The van der Waals surface area contributed by atoms with Gasteiger partial charge in [0.15, 0.2) is 0 Å². The molecule has 2 saturated heterocycles. The predicted octanol–water partition coefficient (Wildman–Crippen LogP) is 4.01. The summed E-state index contributed by atoms with van der Waals surface area (Å²) in [4.78, 5) is 27.7. The van der Waals surface area contributed by atoms with Gasteiger partial charge in [0.05, 0.1) is 25.1 Å². The van der Waals surface area contributed by atoms with Gasteiger partial charge in [0, 0.05) is 35.4 Å². The molecule has 1 unspecified atom stereocenters. The Balaban J connectivity index is 1.29. The van der Waals surface area contributed by atoms with Crippen LogP contribution in [0.2, 0.25) is 10.0 Å². The summed E-state index contributed by atoms with van der Waals surface area (Å²) in [5.74, 6) is 1.57. The van der Waals surface area contributed by atoms with Gasteiger partial charge in [-0.05, 0) is 49.1 Å². The first kappa shape index (κ1) is 25.9. The number of rotatable bonds is 7. The minimum atomic E-state index is -0.266. The van der Waals surface area contributed by atoms with Gasteiger partial charge in [0.1, 0.15) is 17.1 Å². The molecule has 2 N–H and O–H groups in total. The van der Waals surface area contributed by atoms with Crippen LogP contribution < -0.4 is 20.1 Å². The number of amides is 2. The fourth-order valence-electron chi connectivity index (χ4n) is 4.53. The van der Waals surface area contributed by atoms with E-state index in [1.807, 2.05) is 11.0 Å². The summed E-state index contributed by atoms with van der Waals surface area (Å²) < 4.78 is 10.8. The lowest BCUT2D eigenvalue weighted by Gasteiger charge is -2.39. The predicted molar refractivity (Wildman–Crippen MR) is 140 cm³/mol. The zero-order chi connectivity index (χ0) is 25.0. The molecule has 188 valence electrons. The number of nitrogens with one attached hydrogen (secondary N) is 2. The Labute approximate surface area is 219 Å². The lowest BCUT2D eigenvalue weighted by Crippen LogP contribution is -2.54. The Morgan fingerprint density at radius 3 is 2.46 bits per heavy atom. The van der Waals surface area contributed by atoms with E-state index in [0.29, 0.717) is 58.9 Å². The number of hydrogen-bond donors (Lipinski definition) is 2. The highest BCUT2D eigenvalue weighted by atomic mass is 35.5. The largest absolute Gasteiger partial charge is 0.496 e. The highest BCUT2D eigenvalue weighted by molar-refractivity contribution is 8.01. The second-order valence-electron chi connectivity index (χ2n) is 8.61. The zero-order valence-corrected chi connectivity index (χ0v) is 22.1. The molecule has 35 heavy (non-hydrogen) atoms. The van der Waals surface area contributed by atoms with Gasteiger partial charge in [-0.3, -0.25) is 14.9 Å². The van der Waals surface area contributed by atoms with Crippen LogP contribution in [0.25, 0.3) is 0 Å². The third-order valence-electron chi connectivity index (χ3n) is 6.49. The minimum Gasteiger partial charge on any atom is -0.496 e. The Morgan fingerprint density at radius 2 is 1.83 bits per heavy atom. The highest BCUT2D eigenvalue weighted by Gasteiger charge is 2.44. The van der Waals surface area contributed by atoms with Crippen molar-refractivity contribution in [1.82, 2.24) is 15.5 Å². The van der Waals surface area contributed by atoms with E-state index in [1.165, 1.54) is 0 Å². The van der Waals surface area contributed by atoms with Crippen LogP contribution in [0.15, 0.2) is 36.4 Å². The lowest BCUT2D eigenvalue weighted by molar-refractivity contribution is -0.122. The van der Waals surface area contributed by atoms with E-state index in [0.717, 1.165) is 18.4 Å². The molecule has 2 aromatic carbocycles. The summed E-state index contributed by atoms with van der Waals surface area (Å²) in [7, 11) is 3.09. The van der Waals surface area contributed by atoms with Gasteiger partial charge in [-0.2, -0.15) is 0 Å². The van der Waals surface area contributed by atoms with Crippen molar-refractivity contribution < 1.29 is 19.1 Å². The number of halogens is 2. The van der Waals surface area contributed by atoms with Crippen molar-refractivity contribution in [3.05, 3.63) is 57.6 Å². The molecular formula is C25H29Cl2N3O4S. The van der Waals surface area contributed by atoms with Crippen LogP contribution in [0.5, 0.6) is 11.5 Å². The molecule has 1 spiro atoms. The minimum absolute atomic E-state index is 0.0169. The molecule has 0 aliphatic carbocycles. The molecule has 7 nitrogen and oxygen atoms in total. The van der Waals surface area contributed by atoms with Crippen molar-refractivity contribution in [1.29, 1.82) is 0 Å². The van der Waals surface area contributed by atoms with Crippen molar-refractivity contribution in [2.24, 2.45) is 0 Å². The van der Waals surface area contributed by atoms with Crippen LogP contribution in [0.1, 0.15) is 28.8 Å². The maximum atomic E-state index is 13.3. The van der Waals surface area contributed by atoms with Crippen molar-refractivity contribution in [3.8, 4) is 11.5 Å². The highest BCUT2D eigenvalue weighted by Crippen LogP contribution is 2.40. The Bertz CT molecular complexity index is 1070. The molecule has 2 heterocycles. The summed E-state index contributed by atoms with van der Waals surface area (Å²) in [6.45, 7) is 1.67. The molecule has 4 rings (SSSR count). The van der Waals surface area contributed by atoms with Gasteiger partial charge in [0.25, 0.3) is 5.91 Å². The zero-order valence-electron chi connectivity index (χ0n) is 19.7. The topological polar surface area (TPSA) is 79.9 Å². The van der Waals surface area contributed by atoms with Crippen molar-refractivity contribution in [2.75, 3.05) is 39.6 Å². The second-order valence-corrected chi connectivity index (χ2v) is 10.9. The van der Waals surface area contributed by atoms with Gasteiger partial charge in [-0.15, -0.1) is 11.8 Å². The quantitative estimate of drug-likeness (QED) is 0.555. The van der Waals surface area contributed by atoms with Crippen molar-refractivity contribution >= 4 is 46.8 Å². The van der Waals surface area contributed by atoms with Gasteiger partial charge < -0.3 is 19.7 Å². The maximum Gasteiger partial charge on any atom is 0.261 e. The summed E-state index contributed by atoms with van der Waals surface area (Å²) in [6.07, 6.45) is 2.15. The third-order valence-corrected chi connectivity index (χ3v) is 8.65. The van der Waals surface area contributed by atoms with E-state index in [9.17, 15) is 9.59 Å². The van der Waals surface area contributed by atoms with Crippen LogP contribution in [-0.4, -0.2) is 67.2 Å². The first-order valence-electron chi connectivity index (χ1n) is 11.5. The van der Waals surface area contributed by atoms with E-state index in [2.05, 4.69) is 10.6 Å². The smallest absolute Gasteiger partial charge is 0.261 e. The van der Waals surface area contributed by atoms with Gasteiger partial charge >= 0.3 is 0 Å². The Morgan fingerprint density at radius 1 is 1.14 bits per heavy atom. The number of carbonyl (C=O) groups excluding carboxylic acids is 2. The molecule has 2 aliphatic heterocycles. The summed E-state index contributed by atoms with van der Waals surface area (Å²) in [5.41, 5.74) is 1.39. The number of carbonyl (C=O) groups is 2. The summed E-state index contributed by atoms with van der Waals surface area (Å²) in [6, 6.07) is 10.4. The second kappa shape index (κ2) is 11.3. The molecule has 2 aliphatic rings. The number of methoxy groups -OCH3 is 2. The Kier molecular flexibility index (Phi) is 8.37. The average Bonchev–Trinajstić information content (AvgIpc) is 3.28. The summed E-state index contributed by atoms with van der Waals surface area (Å²) >= 11 is 13.9. The standard InChI is InChI=1S/C25H29Cl2N3O4S/c1-33-20-4-3-5-21(34-2)22(20)24(32)30-12-9-25(10-13-30)29-19(15-35-25)23(31)28-11-8-16-6-7-17(26)14-18(16)27/h3-7,14,19,29H,8-13,15H2,1-2H3,(H,28,31). The molecule has 0 bridgehead atoms. The molecular weight excluding hydrogens is 509 g/mol.